The average molecular weight is 245 g/mol. The SMILES string of the molecule is CC(C)(C)[Si@@](C)(Br)C1C=CC=C1. The van der Waals surface area contributed by atoms with Gasteiger partial charge in [-0.2, -0.15) is 0 Å². The summed E-state index contributed by atoms with van der Waals surface area (Å²) >= 11 is 3.97. The Bertz CT molecular complexity index is 208. The minimum absolute atomic E-state index is 0.413. The maximum Gasteiger partial charge on any atom is 0.143 e. The number of rotatable bonds is 1. The van der Waals surface area contributed by atoms with Crippen molar-refractivity contribution in [1.82, 2.24) is 0 Å². The van der Waals surface area contributed by atoms with Crippen LogP contribution in [0.2, 0.25) is 17.1 Å². The third kappa shape index (κ3) is 1.74. The van der Waals surface area contributed by atoms with Crippen LogP contribution in [0.15, 0.2) is 24.3 Å². The first kappa shape index (κ1) is 10.3. The predicted molar refractivity (Wildman–Crippen MR) is 62.3 cm³/mol. The third-order valence-electron chi connectivity index (χ3n) is 2.84. The molecule has 12 heavy (non-hydrogen) atoms. The van der Waals surface area contributed by atoms with Crippen molar-refractivity contribution < 1.29 is 0 Å². The zero-order valence-corrected chi connectivity index (χ0v) is 10.9. The van der Waals surface area contributed by atoms with Gasteiger partial charge in [0.15, 0.2) is 0 Å². The summed E-state index contributed by atoms with van der Waals surface area (Å²) in [7, 11) is 0. The fourth-order valence-electron chi connectivity index (χ4n) is 1.29. The summed E-state index contributed by atoms with van der Waals surface area (Å²) in [5, 5.41) is 0.413. The first-order valence-electron chi connectivity index (χ1n) is 4.39. The van der Waals surface area contributed by atoms with E-state index in [1.165, 1.54) is 0 Å². The van der Waals surface area contributed by atoms with Gasteiger partial charge in [0, 0.05) is 5.54 Å². The highest BCUT2D eigenvalue weighted by Crippen LogP contribution is 2.49. The highest BCUT2D eigenvalue weighted by Gasteiger charge is 2.42. The Labute approximate surface area is 84.3 Å². The predicted octanol–water partition coefficient (Wildman–Crippen LogP) is 4.25. The fourth-order valence-corrected chi connectivity index (χ4v) is 4.15. The van der Waals surface area contributed by atoms with Crippen molar-refractivity contribution in [2.24, 2.45) is 0 Å². The lowest BCUT2D eigenvalue weighted by molar-refractivity contribution is 0.727. The van der Waals surface area contributed by atoms with Gasteiger partial charge in [-0.1, -0.05) is 51.6 Å². The van der Waals surface area contributed by atoms with Crippen LogP contribution < -0.4 is 0 Å². The average Bonchev–Trinajstić information content (AvgIpc) is 2.34. The summed E-state index contributed by atoms with van der Waals surface area (Å²) in [6.07, 6.45) is 8.93. The van der Waals surface area contributed by atoms with Crippen molar-refractivity contribution >= 4 is 22.0 Å². The molecule has 0 saturated carbocycles. The van der Waals surface area contributed by atoms with E-state index in [-0.39, 0.29) is 0 Å². The molecule has 0 amide bonds. The fraction of sp³-hybridized carbons (Fsp3) is 0.600. The molecule has 0 unspecified atom stereocenters. The van der Waals surface area contributed by atoms with Gasteiger partial charge in [0.25, 0.3) is 0 Å². The normalized spacial score (nSPS) is 23.1. The van der Waals surface area contributed by atoms with Gasteiger partial charge in [-0.05, 0) is 5.04 Å². The van der Waals surface area contributed by atoms with Crippen LogP contribution in [0, 0.1) is 0 Å². The molecule has 0 aromatic rings. The maximum atomic E-state index is 3.97. The quantitative estimate of drug-likeness (QED) is 0.478. The van der Waals surface area contributed by atoms with E-state index in [0.717, 1.165) is 0 Å². The highest BCUT2D eigenvalue weighted by atomic mass is 79.9. The van der Waals surface area contributed by atoms with Crippen LogP contribution >= 0.6 is 15.3 Å². The lowest BCUT2D eigenvalue weighted by Crippen LogP contribution is -2.37. The van der Waals surface area contributed by atoms with Gasteiger partial charge in [0.2, 0.25) is 0 Å². The second-order valence-corrected chi connectivity index (χ2v) is 13.9. The third-order valence-corrected chi connectivity index (χ3v) is 12.6. The summed E-state index contributed by atoms with van der Waals surface area (Å²) in [6.45, 7) is 8.05. The molecule has 0 heterocycles. The molecule has 1 atom stereocenters. The maximum absolute atomic E-state index is 3.97. The zero-order valence-electron chi connectivity index (χ0n) is 8.26. The lowest BCUT2D eigenvalue weighted by Gasteiger charge is -2.38. The van der Waals surface area contributed by atoms with Gasteiger partial charge in [-0.15, -0.1) is 15.3 Å². The van der Waals surface area contributed by atoms with E-state index < -0.39 is 6.69 Å². The molecule has 0 nitrogen and oxygen atoms in total. The van der Waals surface area contributed by atoms with Gasteiger partial charge in [0.05, 0.1) is 0 Å². The minimum Gasteiger partial charge on any atom is -0.125 e. The van der Waals surface area contributed by atoms with Crippen LogP contribution in [-0.2, 0) is 0 Å². The molecule has 0 aromatic carbocycles. The Morgan fingerprint density at radius 2 is 1.58 bits per heavy atom. The second-order valence-electron chi connectivity index (χ2n) is 4.62. The Morgan fingerprint density at radius 3 is 1.92 bits per heavy atom. The highest BCUT2D eigenvalue weighted by molar-refractivity contribution is 9.26. The Balaban J connectivity index is 2.85. The molecule has 0 N–H and O–H groups in total. The summed E-state index contributed by atoms with van der Waals surface area (Å²) in [4.78, 5) is 0. The molecule has 0 saturated heterocycles. The monoisotopic (exact) mass is 244 g/mol. The Hall–Kier alpha value is 0.177. The molecule has 2 heteroatoms. The van der Waals surface area contributed by atoms with Crippen molar-refractivity contribution in [3.8, 4) is 0 Å². The van der Waals surface area contributed by atoms with Crippen LogP contribution in [0.3, 0.4) is 0 Å². The molecule has 1 aliphatic carbocycles. The van der Waals surface area contributed by atoms with Gasteiger partial charge in [-0.25, -0.2) is 0 Å². The number of allylic oxidation sites excluding steroid dienone is 4. The second kappa shape index (κ2) is 3.15. The van der Waals surface area contributed by atoms with Crippen molar-refractivity contribution in [2.75, 3.05) is 0 Å². The van der Waals surface area contributed by atoms with E-state index in [9.17, 15) is 0 Å². The molecule has 68 valence electrons. The van der Waals surface area contributed by atoms with Crippen molar-refractivity contribution in [1.29, 1.82) is 0 Å². The number of halogens is 1. The first-order valence-corrected chi connectivity index (χ1v) is 9.23. The van der Waals surface area contributed by atoms with Gasteiger partial charge in [0.1, 0.15) is 6.69 Å². The summed E-state index contributed by atoms with van der Waals surface area (Å²) < 4.78 is 0. The molecule has 0 aliphatic heterocycles. The zero-order chi connectivity index (χ0) is 9.41. The van der Waals surface area contributed by atoms with Crippen LogP contribution in [0.1, 0.15) is 20.8 Å². The van der Waals surface area contributed by atoms with Gasteiger partial charge in [-0.3, -0.25) is 0 Å². The van der Waals surface area contributed by atoms with E-state index in [0.29, 0.717) is 10.6 Å². The summed E-state index contributed by atoms with van der Waals surface area (Å²) in [6, 6.07) is 0. The topological polar surface area (TPSA) is 0 Å². The molecule has 0 spiro atoms. The van der Waals surface area contributed by atoms with Crippen LogP contribution in [-0.4, -0.2) is 6.69 Å². The summed E-state index contributed by atoms with van der Waals surface area (Å²) in [5.41, 5.74) is 0.664. The molecule has 0 radical (unpaired) electrons. The van der Waals surface area contributed by atoms with Gasteiger partial charge >= 0.3 is 0 Å². The van der Waals surface area contributed by atoms with E-state index in [2.05, 4.69) is 66.9 Å². The molecule has 1 rings (SSSR count). The molecule has 0 fully saturated rings. The lowest BCUT2D eigenvalue weighted by atomic mass is 10.2. The van der Waals surface area contributed by atoms with E-state index >= 15 is 0 Å². The molecular formula is C10H17BrSi. The standard InChI is InChI=1S/C10H17BrSi/c1-10(2,3)12(4,11)9-7-5-6-8-9/h5-9H,1-4H3/t12-/m0/s1. The van der Waals surface area contributed by atoms with Gasteiger partial charge < -0.3 is 0 Å². The largest absolute Gasteiger partial charge is 0.143 e. The first-order chi connectivity index (χ1) is 5.36. The molecule has 0 aromatic heterocycles. The molecule has 0 bridgehead atoms. The van der Waals surface area contributed by atoms with E-state index in [4.69, 9.17) is 0 Å². The van der Waals surface area contributed by atoms with Crippen LogP contribution in [0.5, 0.6) is 0 Å². The van der Waals surface area contributed by atoms with Crippen LogP contribution in [0.25, 0.3) is 0 Å². The van der Waals surface area contributed by atoms with E-state index in [1.54, 1.807) is 0 Å². The minimum atomic E-state index is -1.33. The Kier molecular flexibility index (Phi) is 2.69. The smallest absolute Gasteiger partial charge is 0.125 e. The Morgan fingerprint density at radius 1 is 1.17 bits per heavy atom. The number of hydrogen-bond acceptors (Lipinski definition) is 0. The molecule has 1 aliphatic rings. The van der Waals surface area contributed by atoms with Crippen molar-refractivity contribution in [3.63, 3.8) is 0 Å². The van der Waals surface area contributed by atoms with Crippen LogP contribution in [0.4, 0.5) is 0 Å². The number of hydrogen-bond donors (Lipinski definition) is 0. The van der Waals surface area contributed by atoms with Crippen molar-refractivity contribution in [2.45, 2.75) is 37.9 Å². The van der Waals surface area contributed by atoms with E-state index in [1.807, 2.05) is 0 Å². The molecular weight excluding hydrogens is 228 g/mol. The van der Waals surface area contributed by atoms with Crippen molar-refractivity contribution in [3.05, 3.63) is 24.3 Å². The summed E-state index contributed by atoms with van der Waals surface area (Å²) in [5.74, 6) is 0.